The Morgan fingerprint density at radius 1 is 1.17 bits per heavy atom. The van der Waals surface area contributed by atoms with Crippen molar-refractivity contribution in [3.63, 3.8) is 0 Å². The lowest BCUT2D eigenvalue weighted by Gasteiger charge is -2.15. The van der Waals surface area contributed by atoms with Crippen LogP contribution in [0.1, 0.15) is 35.7 Å². The Kier molecular flexibility index (Phi) is 6.09. The molecule has 0 aliphatic rings. The normalized spacial score (nSPS) is 11.6. The number of nitrogens with one attached hydrogen (secondary N) is 1. The van der Waals surface area contributed by atoms with E-state index in [1.165, 1.54) is 7.11 Å². The Morgan fingerprint density at radius 3 is 2.50 bits per heavy atom. The Labute approximate surface area is 141 Å². The van der Waals surface area contributed by atoms with E-state index in [0.717, 1.165) is 6.42 Å². The van der Waals surface area contributed by atoms with Crippen molar-refractivity contribution in [3.05, 3.63) is 59.7 Å². The summed E-state index contributed by atoms with van der Waals surface area (Å²) in [4.78, 5) is 25.0. The molecule has 24 heavy (non-hydrogen) atoms. The highest BCUT2D eigenvalue weighted by Crippen LogP contribution is 2.25. The maximum Gasteiger partial charge on any atom is 0.241 e. The molecule has 0 radical (unpaired) electrons. The molecule has 0 saturated carbocycles. The molecular formula is C19H22N2O3. The lowest BCUT2D eigenvalue weighted by Crippen LogP contribution is -2.35. The van der Waals surface area contributed by atoms with Crippen molar-refractivity contribution in [2.75, 3.05) is 12.4 Å². The van der Waals surface area contributed by atoms with Crippen molar-refractivity contribution in [1.82, 2.24) is 0 Å². The van der Waals surface area contributed by atoms with Crippen LogP contribution in [-0.2, 0) is 4.79 Å². The van der Waals surface area contributed by atoms with E-state index in [1.54, 1.807) is 42.5 Å². The van der Waals surface area contributed by atoms with Gasteiger partial charge in [-0.05, 0) is 24.6 Å². The molecule has 5 nitrogen and oxygen atoms in total. The first kappa shape index (κ1) is 17.7. The zero-order valence-electron chi connectivity index (χ0n) is 13.9. The van der Waals surface area contributed by atoms with E-state index >= 15 is 0 Å². The van der Waals surface area contributed by atoms with Crippen molar-refractivity contribution in [3.8, 4) is 5.75 Å². The smallest absolute Gasteiger partial charge is 0.241 e. The molecule has 0 fully saturated rings. The molecule has 3 N–H and O–H groups in total. The van der Waals surface area contributed by atoms with E-state index in [2.05, 4.69) is 5.32 Å². The molecule has 0 aliphatic heterocycles. The monoisotopic (exact) mass is 326 g/mol. The first-order valence-corrected chi connectivity index (χ1v) is 7.91. The predicted molar refractivity (Wildman–Crippen MR) is 94.4 cm³/mol. The molecule has 1 atom stereocenters. The molecule has 0 heterocycles. The highest BCUT2D eigenvalue weighted by Gasteiger charge is 2.19. The van der Waals surface area contributed by atoms with E-state index < -0.39 is 6.04 Å². The van der Waals surface area contributed by atoms with Crippen LogP contribution >= 0.6 is 0 Å². The molecule has 1 unspecified atom stereocenters. The Hall–Kier alpha value is -2.66. The van der Waals surface area contributed by atoms with Gasteiger partial charge in [-0.25, -0.2) is 0 Å². The summed E-state index contributed by atoms with van der Waals surface area (Å²) in [5.41, 5.74) is 7.19. The highest BCUT2D eigenvalue weighted by atomic mass is 16.5. The SMILES string of the molecule is CCCC(N)C(=O)Nc1ccc(OC)cc1C(=O)c1ccccc1. The molecule has 5 heteroatoms. The Morgan fingerprint density at radius 2 is 1.88 bits per heavy atom. The summed E-state index contributed by atoms with van der Waals surface area (Å²) in [7, 11) is 1.53. The first-order valence-electron chi connectivity index (χ1n) is 7.91. The van der Waals surface area contributed by atoms with Gasteiger partial charge in [0, 0.05) is 11.1 Å². The zero-order valence-corrected chi connectivity index (χ0v) is 13.9. The summed E-state index contributed by atoms with van der Waals surface area (Å²) in [6, 6.07) is 13.3. The largest absolute Gasteiger partial charge is 0.497 e. The molecular weight excluding hydrogens is 304 g/mol. The fourth-order valence-electron chi connectivity index (χ4n) is 2.36. The molecule has 2 rings (SSSR count). The second-order valence-corrected chi connectivity index (χ2v) is 5.49. The second kappa shape index (κ2) is 8.26. The molecule has 0 spiro atoms. The number of rotatable bonds is 7. The van der Waals surface area contributed by atoms with Crippen LogP contribution in [0, 0.1) is 0 Å². The summed E-state index contributed by atoms with van der Waals surface area (Å²) in [6.45, 7) is 1.96. The van der Waals surface area contributed by atoms with Crippen LogP contribution in [0.15, 0.2) is 48.5 Å². The van der Waals surface area contributed by atoms with Crippen molar-refractivity contribution in [1.29, 1.82) is 0 Å². The Bertz CT molecular complexity index is 714. The summed E-state index contributed by atoms with van der Waals surface area (Å²) < 4.78 is 5.20. The van der Waals surface area contributed by atoms with Gasteiger partial charge in [-0.3, -0.25) is 9.59 Å². The molecule has 2 aromatic carbocycles. The number of amides is 1. The highest BCUT2D eigenvalue weighted by molar-refractivity contribution is 6.14. The summed E-state index contributed by atoms with van der Waals surface area (Å²) in [5, 5.41) is 2.76. The number of ketones is 1. The van der Waals surface area contributed by atoms with Gasteiger partial charge in [0.25, 0.3) is 0 Å². The second-order valence-electron chi connectivity index (χ2n) is 5.49. The van der Waals surface area contributed by atoms with Gasteiger partial charge < -0.3 is 15.8 Å². The third kappa shape index (κ3) is 4.20. The van der Waals surface area contributed by atoms with Crippen LogP contribution < -0.4 is 15.8 Å². The lowest BCUT2D eigenvalue weighted by atomic mass is 10.0. The van der Waals surface area contributed by atoms with E-state index in [0.29, 0.717) is 29.0 Å². The fraction of sp³-hybridized carbons (Fsp3) is 0.263. The first-order chi connectivity index (χ1) is 11.6. The van der Waals surface area contributed by atoms with Crippen LogP contribution in [0.5, 0.6) is 5.75 Å². The minimum Gasteiger partial charge on any atom is -0.497 e. The van der Waals surface area contributed by atoms with E-state index in [9.17, 15) is 9.59 Å². The predicted octanol–water partition coefficient (Wildman–Crippen LogP) is 2.99. The van der Waals surface area contributed by atoms with Gasteiger partial charge >= 0.3 is 0 Å². The van der Waals surface area contributed by atoms with Crippen molar-refractivity contribution < 1.29 is 14.3 Å². The zero-order chi connectivity index (χ0) is 17.5. The van der Waals surface area contributed by atoms with Gasteiger partial charge in [0.1, 0.15) is 5.75 Å². The quantitative estimate of drug-likeness (QED) is 0.766. The molecule has 0 aromatic heterocycles. The summed E-state index contributed by atoms with van der Waals surface area (Å²) >= 11 is 0. The number of hydrogen-bond acceptors (Lipinski definition) is 4. The van der Waals surface area contributed by atoms with Gasteiger partial charge in [-0.2, -0.15) is 0 Å². The van der Waals surface area contributed by atoms with Gasteiger partial charge in [-0.1, -0.05) is 43.7 Å². The molecule has 0 aliphatic carbocycles. The number of carbonyl (C=O) groups excluding carboxylic acids is 2. The fourth-order valence-corrected chi connectivity index (χ4v) is 2.36. The number of hydrogen-bond donors (Lipinski definition) is 2. The van der Waals surface area contributed by atoms with Crippen LogP contribution in [0.2, 0.25) is 0 Å². The number of nitrogens with two attached hydrogens (primary N) is 1. The van der Waals surface area contributed by atoms with Crippen LogP contribution in [0.4, 0.5) is 5.69 Å². The lowest BCUT2D eigenvalue weighted by molar-refractivity contribution is -0.117. The van der Waals surface area contributed by atoms with Gasteiger partial charge in [0.2, 0.25) is 5.91 Å². The molecule has 2 aromatic rings. The third-order valence-electron chi connectivity index (χ3n) is 3.70. The summed E-state index contributed by atoms with van der Waals surface area (Å²) in [6.07, 6.45) is 1.40. The molecule has 0 saturated heterocycles. The van der Waals surface area contributed by atoms with Gasteiger partial charge in [0.15, 0.2) is 5.78 Å². The topological polar surface area (TPSA) is 81.4 Å². The molecule has 0 bridgehead atoms. The van der Waals surface area contributed by atoms with Gasteiger partial charge in [0.05, 0.1) is 18.8 Å². The number of ether oxygens (including phenoxy) is 1. The Balaban J connectivity index is 2.35. The average molecular weight is 326 g/mol. The van der Waals surface area contributed by atoms with Crippen molar-refractivity contribution >= 4 is 17.4 Å². The van der Waals surface area contributed by atoms with Gasteiger partial charge in [-0.15, -0.1) is 0 Å². The maximum atomic E-state index is 12.8. The molecule has 126 valence electrons. The van der Waals surface area contributed by atoms with E-state index in [4.69, 9.17) is 10.5 Å². The number of methoxy groups -OCH3 is 1. The minimum atomic E-state index is -0.600. The standard InChI is InChI=1S/C19H22N2O3/c1-3-7-16(20)19(23)21-17-11-10-14(24-2)12-15(17)18(22)13-8-5-4-6-9-13/h4-6,8-12,16H,3,7,20H2,1-2H3,(H,21,23). The van der Waals surface area contributed by atoms with Crippen LogP contribution in [-0.4, -0.2) is 24.8 Å². The number of anilines is 1. The van der Waals surface area contributed by atoms with Crippen molar-refractivity contribution in [2.45, 2.75) is 25.8 Å². The molecule has 1 amide bonds. The maximum absolute atomic E-state index is 12.8. The average Bonchev–Trinajstić information content (AvgIpc) is 2.62. The minimum absolute atomic E-state index is 0.186. The van der Waals surface area contributed by atoms with E-state index in [-0.39, 0.29) is 11.7 Å². The number of benzene rings is 2. The van der Waals surface area contributed by atoms with E-state index in [1.807, 2.05) is 13.0 Å². The summed E-state index contributed by atoms with van der Waals surface area (Å²) in [5.74, 6) is 0.0585. The van der Waals surface area contributed by atoms with Crippen molar-refractivity contribution in [2.24, 2.45) is 5.73 Å². The van der Waals surface area contributed by atoms with Crippen LogP contribution in [0.3, 0.4) is 0 Å². The number of carbonyl (C=O) groups is 2. The third-order valence-corrected chi connectivity index (χ3v) is 3.70. The van der Waals surface area contributed by atoms with Crippen LogP contribution in [0.25, 0.3) is 0 Å².